The van der Waals surface area contributed by atoms with Gasteiger partial charge in [-0.3, -0.25) is 29.4 Å². The molecule has 3 aliphatic heterocycles. The Kier molecular flexibility index (Phi) is 13.0. The molecular formula is C58H47N5O10S. The summed E-state index contributed by atoms with van der Waals surface area (Å²) in [4.78, 5) is 81.9. The van der Waals surface area contributed by atoms with Crippen molar-refractivity contribution in [2.45, 2.75) is 61.9 Å². The Morgan fingerprint density at radius 1 is 0.851 bits per heavy atom. The first-order valence-electron chi connectivity index (χ1n) is 24.3. The number of non-ortho nitro benzene ring substituents is 1. The van der Waals surface area contributed by atoms with Gasteiger partial charge in [0.1, 0.15) is 36.5 Å². The number of nitro benzene ring substituents is 1. The number of allylic oxidation sites excluding steroid dienone is 2. The third-order valence-corrected chi connectivity index (χ3v) is 15.1. The summed E-state index contributed by atoms with van der Waals surface area (Å²) in [6, 6.07) is 40.0. The molecule has 2 saturated heterocycles. The molecule has 16 heteroatoms. The molecule has 11 rings (SSSR count). The van der Waals surface area contributed by atoms with Crippen LogP contribution in [0.5, 0.6) is 5.75 Å². The summed E-state index contributed by atoms with van der Waals surface area (Å²) in [6.07, 6.45) is 3.83. The summed E-state index contributed by atoms with van der Waals surface area (Å²) in [7, 11) is 0. The molecule has 0 radical (unpaired) electrons. The lowest BCUT2D eigenvalue weighted by Crippen LogP contribution is -2.54. The number of morpholine rings is 1. The number of nitro groups is 1. The number of fused-ring (bicyclic) bond motifs is 4. The highest BCUT2D eigenvalue weighted by Gasteiger charge is 2.76. The number of cyclic esters (lactones) is 1. The number of esters is 1. The van der Waals surface area contributed by atoms with Crippen LogP contribution in [0.1, 0.15) is 77.3 Å². The number of thiazole rings is 1. The average molecular weight is 1010 g/mol. The number of nitrogens with one attached hydrogen (secondary N) is 1. The average Bonchev–Trinajstić information content (AvgIpc) is 4.13. The number of benzene rings is 6. The van der Waals surface area contributed by atoms with Crippen LogP contribution in [0.15, 0.2) is 163 Å². The number of imide groups is 1. The number of hydrogen-bond acceptors (Lipinski definition) is 13. The summed E-state index contributed by atoms with van der Waals surface area (Å²) < 4.78 is 19.4. The van der Waals surface area contributed by atoms with E-state index >= 15 is 14.4 Å². The highest BCUT2D eigenvalue weighted by molar-refractivity contribution is 7.22. The van der Waals surface area contributed by atoms with Crippen molar-refractivity contribution >= 4 is 61.9 Å². The first-order chi connectivity index (χ1) is 36.1. The quantitative estimate of drug-likeness (QED) is 0.0541. The molecule has 4 aliphatic rings. The number of carbonyl (C=O) groups excluding carboxylic acids is 4. The number of para-hydroxylation sites is 1. The van der Waals surface area contributed by atoms with E-state index in [4.69, 9.17) is 19.2 Å². The molecule has 0 bridgehead atoms. The van der Waals surface area contributed by atoms with Crippen LogP contribution in [0, 0.1) is 27.9 Å². The maximum Gasteiger partial charge on any atom is 0.421 e. The van der Waals surface area contributed by atoms with Crippen molar-refractivity contribution in [3.05, 3.63) is 207 Å². The van der Waals surface area contributed by atoms with Gasteiger partial charge in [-0.2, -0.15) is 0 Å². The fraction of sp³-hybridized carbons (Fsp3) is 0.224. The van der Waals surface area contributed by atoms with E-state index in [-0.39, 0.29) is 41.9 Å². The predicted molar refractivity (Wildman–Crippen MR) is 276 cm³/mol. The van der Waals surface area contributed by atoms with E-state index in [9.17, 15) is 20.0 Å². The Balaban J connectivity index is 1.17. The number of ether oxygens (including phenoxy) is 3. The Morgan fingerprint density at radius 2 is 1.59 bits per heavy atom. The monoisotopic (exact) mass is 1010 g/mol. The van der Waals surface area contributed by atoms with Crippen LogP contribution in [-0.2, 0) is 35.9 Å². The summed E-state index contributed by atoms with van der Waals surface area (Å²) in [5, 5.41) is 24.6. The topological polar surface area (TPSA) is 191 Å². The van der Waals surface area contributed by atoms with Crippen molar-refractivity contribution in [1.29, 1.82) is 0 Å². The molecule has 4 heterocycles. The zero-order valence-corrected chi connectivity index (χ0v) is 40.5. The van der Waals surface area contributed by atoms with Gasteiger partial charge in [0.25, 0.3) is 5.69 Å². The minimum Gasteiger partial charge on any atom is -0.491 e. The predicted octanol–water partition coefficient (Wildman–Crippen LogP) is 10.1. The first-order valence-corrected chi connectivity index (χ1v) is 25.1. The fourth-order valence-electron chi connectivity index (χ4n) is 11.0. The van der Waals surface area contributed by atoms with Crippen molar-refractivity contribution in [2.75, 3.05) is 23.4 Å². The van der Waals surface area contributed by atoms with Gasteiger partial charge in [-0.15, -0.1) is 0 Å². The number of hydrogen-bond donors (Lipinski definition) is 2. The summed E-state index contributed by atoms with van der Waals surface area (Å²) in [5.41, 5.74) is 2.36. The van der Waals surface area contributed by atoms with Gasteiger partial charge in [0.05, 0.1) is 45.4 Å². The van der Waals surface area contributed by atoms with Crippen LogP contribution in [0.3, 0.4) is 0 Å². The van der Waals surface area contributed by atoms with Crippen molar-refractivity contribution in [2.24, 2.45) is 5.92 Å². The molecule has 1 spiro atoms. The lowest BCUT2D eigenvalue weighted by Gasteiger charge is -2.46. The second-order valence-electron chi connectivity index (χ2n) is 18.5. The third kappa shape index (κ3) is 8.64. The molecule has 6 aromatic carbocycles. The van der Waals surface area contributed by atoms with Crippen LogP contribution in [0.4, 0.5) is 21.3 Å². The minimum atomic E-state index is -2.15. The van der Waals surface area contributed by atoms with Crippen molar-refractivity contribution < 1.29 is 43.4 Å². The van der Waals surface area contributed by atoms with Gasteiger partial charge in [0.15, 0.2) is 5.13 Å². The second-order valence-corrected chi connectivity index (χ2v) is 19.5. The largest absolute Gasteiger partial charge is 0.491 e. The molecule has 0 saturated carbocycles. The Hall–Kier alpha value is -8.49. The number of nitrogens with zero attached hydrogens (tertiary/aromatic N) is 4. The molecule has 3 amide bonds. The third-order valence-electron chi connectivity index (χ3n) is 14.1. The van der Waals surface area contributed by atoms with Crippen molar-refractivity contribution in [3.63, 3.8) is 0 Å². The number of aliphatic hydroxyl groups excluding tert-OH is 1. The zero-order valence-electron chi connectivity index (χ0n) is 39.7. The van der Waals surface area contributed by atoms with E-state index in [1.54, 1.807) is 42.5 Å². The lowest BCUT2D eigenvalue weighted by atomic mass is 9.65. The van der Waals surface area contributed by atoms with E-state index in [1.807, 2.05) is 89.8 Å². The Labute approximate surface area is 429 Å². The van der Waals surface area contributed by atoms with E-state index in [2.05, 4.69) is 23.2 Å². The highest BCUT2D eigenvalue weighted by Crippen LogP contribution is 2.66. The molecule has 2 fully saturated rings. The van der Waals surface area contributed by atoms with Gasteiger partial charge in [0.2, 0.25) is 11.8 Å². The van der Waals surface area contributed by atoms with Gasteiger partial charge >= 0.3 is 12.1 Å². The van der Waals surface area contributed by atoms with Crippen molar-refractivity contribution in [3.8, 4) is 17.6 Å². The maximum atomic E-state index is 16.7. The molecular weight excluding hydrogens is 959 g/mol. The summed E-state index contributed by atoms with van der Waals surface area (Å²) in [5.74, 6) is 2.98. The number of carbonyl (C=O) groups is 4. The number of aromatic nitrogens is 1. The van der Waals surface area contributed by atoms with Gasteiger partial charge in [0, 0.05) is 17.7 Å². The summed E-state index contributed by atoms with van der Waals surface area (Å²) in [6.45, 7) is -0.709. The normalized spacial score (nSPS) is 22.0. The maximum absolute atomic E-state index is 16.7. The van der Waals surface area contributed by atoms with E-state index in [0.717, 1.165) is 40.9 Å². The molecule has 15 nitrogen and oxygen atoms in total. The standard InChI is InChI=1S/C58H47N5O10S/c64-31-32-71-43-20-12-19-41(34-43)52-58(44-33-37(24-23-36-13-4-1-5-14-36)27-30-46(44)61(55(58)67)57(68)72-35-38-25-28-42(29-26-38)63(69)70)48(53(65)60-56-59-45-21-10-11-22-47(45)74-56)50-54(66)73-51(40-17-8-3-9-18-40)49(62(50)52)39-15-6-2-7-16-39/h2-3,6-13,15-22,25-30,33-34,48-52,64H,1,4-5,14,31-32,35H2,(H,59,60,65)/t48-,49-,50-,51+,52+,58-/m1/s1. The number of anilines is 2. The second kappa shape index (κ2) is 20.2. The molecule has 7 aromatic rings. The van der Waals surface area contributed by atoms with Crippen LogP contribution < -0.4 is 15.0 Å². The van der Waals surface area contributed by atoms with Gasteiger partial charge in [-0.1, -0.05) is 114 Å². The minimum absolute atomic E-state index is 0.0531. The van der Waals surface area contributed by atoms with Crippen LogP contribution in [0.2, 0.25) is 0 Å². The number of amides is 3. The lowest BCUT2D eigenvalue weighted by molar-refractivity contribution is -0.384. The first kappa shape index (κ1) is 47.8. The summed E-state index contributed by atoms with van der Waals surface area (Å²) >= 11 is 1.23. The molecule has 0 unspecified atom stereocenters. The Morgan fingerprint density at radius 3 is 2.32 bits per heavy atom. The molecule has 2 N–H and O–H groups in total. The van der Waals surface area contributed by atoms with Crippen LogP contribution >= 0.6 is 11.3 Å². The fourth-order valence-corrected chi connectivity index (χ4v) is 11.9. The van der Waals surface area contributed by atoms with Crippen molar-refractivity contribution in [1.82, 2.24) is 9.88 Å². The van der Waals surface area contributed by atoms with Crippen LogP contribution in [0.25, 0.3) is 10.2 Å². The van der Waals surface area contributed by atoms with Gasteiger partial charge in [-0.05, 0) is 114 Å². The SMILES string of the molecule is O=C1O[C@@H](c2ccccc2)[C@@H](c2ccccc2)N2[C@@H](c3cccc(OCCO)c3)[C@]3(C(=O)N(C(=O)OCc4ccc([N+](=O)[O-])cc4)c4ccc(C#CC5=CCCCC5)cc43)[C@@H](C(=O)Nc3nc4ccccc4s3)[C@H]12. The molecule has 1 aromatic heterocycles. The molecule has 74 heavy (non-hydrogen) atoms. The van der Waals surface area contributed by atoms with E-state index in [1.165, 1.54) is 35.6 Å². The Bertz CT molecular complexity index is 3390. The number of rotatable bonds is 11. The molecule has 370 valence electrons. The van der Waals surface area contributed by atoms with Crippen LogP contribution in [-0.4, -0.2) is 63.0 Å². The van der Waals surface area contributed by atoms with E-state index < -0.39 is 64.4 Å². The van der Waals surface area contributed by atoms with E-state index in [0.29, 0.717) is 39.1 Å². The van der Waals surface area contributed by atoms with Gasteiger partial charge < -0.3 is 24.6 Å². The zero-order chi connectivity index (χ0) is 50.9. The molecule has 1 aliphatic carbocycles. The number of aliphatic hydroxyl groups is 1. The van der Waals surface area contributed by atoms with Gasteiger partial charge in [-0.25, -0.2) is 14.7 Å². The highest BCUT2D eigenvalue weighted by atomic mass is 32.1. The molecule has 6 atom stereocenters. The smallest absolute Gasteiger partial charge is 0.421 e.